The van der Waals surface area contributed by atoms with Gasteiger partial charge in [-0.2, -0.15) is 4.98 Å². The first-order valence-electron chi connectivity index (χ1n) is 10.6. The monoisotopic (exact) mass is 462 g/mol. The van der Waals surface area contributed by atoms with Crippen LogP contribution in [0, 0.1) is 5.82 Å². The standard InChI is InChI=1S/C25H23FN4O4/c1-2-22(31)28-16-12-13-30(15-16)24-21(26)14-20(23(27)32)25(29-24)34-19-10-8-18(9-11-19)33-17-6-4-3-5-7-17/h2-11,14,16H,1,12-13,15H2,(H2,27,32)(H,28,31)/t16-/m0/s1. The minimum absolute atomic E-state index is 0.0133. The number of carbonyl (C=O) groups excluding carboxylic acids is 2. The molecule has 2 heterocycles. The molecule has 0 aliphatic carbocycles. The summed E-state index contributed by atoms with van der Waals surface area (Å²) < 4.78 is 26.4. The number of benzene rings is 2. The zero-order valence-electron chi connectivity index (χ0n) is 18.2. The maximum Gasteiger partial charge on any atom is 0.254 e. The van der Waals surface area contributed by atoms with E-state index >= 15 is 0 Å². The fraction of sp³-hybridized carbons (Fsp3) is 0.160. The van der Waals surface area contributed by atoms with Gasteiger partial charge in [-0.15, -0.1) is 0 Å². The number of primary amides is 1. The molecule has 1 aromatic heterocycles. The van der Waals surface area contributed by atoms with Gasteiger partial charge in [-0.1, -0.05) is 24.8 Å². The zero-order valence-corrected chi connectivity index (χ0v) is 18.2. The molecule has 2 aromatic carbocycles. The largest absolute Gasteiger partial charge is 0.457 e. The maximum atomic E-state index is 14.8. The molecular weight excluding hydrogens is 439 g/mol. The topological polar surface area (TPSA) is 107 Å². The first-order chi connectivity index (χ1) is 16.4. The van der Waals surface area contributed by atoms with Crippen molar-refractivity contribution in [3.05, 3.63) is 84.7 Å². The summed E-state index contributed by atoms with van der Waals surface area (Å²) in [5.74, 6) is -0.327. The normalized spacial score (nSPS) is 15.0. The molecule has 0 unspecified atom stereocenters. The molecule has 0 spiro atoms. The molecule has 3 aromatic rings. The Bertz CT molecular complexity index is 1200. The quantitative estimate of drug-likeness (QED) is 0.494. The van der Waals surface area contributed by atoms with Gasteiger partial charge in [-0.05, 0) is 55.0 Å². The van der Waals surface area contributed by atoms with Gasteiger partial charge in [-0.3, -0.25) is 9.59 Å². The number of anilines is 1. The molecule has 2 amide bonds. The maximum absolute atomic E-state index is 14.8. The summed E-state index contributed by atoms with van der Waals surface area (Å²) in [5.41, 5.74) is 5.25. The Kier molecular flexibility index (Phi) is 6.72. The van der Waals surface area contributed by atoms with Crippen LogP contribution in [0.25, 0.3) is 0 Å². The van der Waals surface area contributed by atoms with Gasteiger partial charge >= 0.3 is 0 Å². The SMILES string of the molecule is C=CC(=O)N[C@H]1CCN(c2nc(Oc3ccc(Oc4ccccc4)cc3)c(C(N)=O)cc2F)C1. The summed E-state index contributed by atoms with van der Waals surface area (Å²) in [4.78, 5) is 29.4. The first-order valence-corrected chi connectivity index (χ1v) is 10.6. The van der Waals surface area contributed by atoms with Crippen molar-refractivity contribution < 1.29 is 23.5 Å². The highest BCUT2D eigenvalue weighted by molar-refractivity contribution is 5.95. The average Bonchev–Trinajstić information content (AvgIpc) is 3.29. The number of carbonyl (C=O) groups is 2. The molecular formula is C25H23FN4O4. The van der Waals surface area contributed by atoms with Crippen molar-refractivity contribution in [2.45, 2.75) is 12.5 Å². The number of nitrogens with zero attached hydrogens (tertiary/aromatic N) is 2. The third kappa shape index (κ3) is 5.32. The van der Waals surface area contributed by atoms with Gasteiger partial charge in [0.15, 0.2) is 11.6 Å². The molecule has 0 radical (unpaired) electrons. The fourth-order valence-corrected chi connectivity index (χ4v) is 3.58. The van der Waals surface area contributed by atoms with Crippen molar-refractivity contribution in [3.63, 3.8) is 0 Å². The Labute approximate surface area is 195 Å². The molecule has 1 atom stereocenters. The van der Waals surface area contributed by atoms with E-state index in [0.29, 0.717) is 36.8 Å². The summed E-state index contributed by atoms with van der Waals surface area (Å²) >= 11 is 0. The lowest BCUT2D eigenvalue weighted by molar-refractivity contribution is -0.117. The third-order valence-corrected chi connectivity index (χ3v) is 5.22. The smallest absolute Gasteiger partial charge is 0.254 e. The Balaban J connectivity index is 1.53. The Hall–Kier alpha value is -4.40. The van der Waals surface area contributed by atoms with Crippen molar-refractivity contribution in [2.24, 2.45) is 5.73 Å². The van der Waals surface area contributed by atoms with E-state index in [9.17, 15) is 14.0 Å². The van der Waals surface area contributed by atoms with Gasteiger partial charge in [0.1, 0.15) is 22.8 Å². The van der Waals surface area contributed by atoms with Crippen LogP contribution in [-0.2, 0) is 4.79 Å². The second-order valence-electron chi connectivity index (χ2n) is 7.64. The van der Waals surface area contributed by atoms with Crippen LogP contribution in [0.2, 0.25) is 0 Å². The Morgan fingerprint density at radius 2 is 1.74 bits per heavy atom. The molecule has 8 nitrogen and oxygen atoms in total. The molecule has 9 heteroatoms. The number of amides is 2. The number of hydrogen-bond donors (Lipinski definition) is 2. The van der Waals surface area contributed by atoms with Crippen LogP contribution in [0.4, 0.5) is 10.2 Å². The highest BCUT2D eigenvalue weighted by Crippen LogP contribution is 2.31. The number of nitrogens with two attached hydrogens (primary N) is 1. The predicted molar refractivity (Wildman–Crippen MR) is 125 cm³/mol. The lowest BCUT2D eigenvalue weighted by Crippen LogP contribution is -2.36. The van der Waals surface area contributed by atoms with Crippen LogP contribution in [0.3, 0.4) is 0 Å². The van der Waals surface area contributed by atoms with E-state index < -0.39 is 11.7 Å². The minimum atomic E-state index is -0.866. The highest BCUT2D eigenvalue weighted by Gasteiger charge is 2.28. The number of ether oxygens (including phenoxy) is 2. The van der Waals surface area contributed by atoms with E-state index in [1.54, 1.807) is 29.2 Å². The van der Waals surface area contributed by atoms with E-state index in [-0.39, 0.29) is 29.2 Å². The van der Waals surface area contributed by atoms with Crippen LogP contribution >= 0.6 is 0 Å². The van der Waals surface area contributed by atoms with Crippen LogP contribution in [0.1, 0.15) is 16.8 Å². The molecule has 1 aliphatic rings. The number of hydrogen-bond acceptors (Lipinski definition) is 6. The Morgan fingerprint density at radius 1 is 1.09 bits per heavy atom. The van der Waals surface area contributed by atoms with E-state index in [0.717, 1.165) is 6.07 Å². The summed E-state index contributed by atoms with van der Waals surface area (Å²) in [7, 11) is 0. The molecule has 174 valence electrons. The second-order valence-corrected chi connectivity index (χ2v) is 7.64. The number of pyridine rings is 1. The zero-order chi connectivity index (χ0) is 24.1. The van der Waals surface area contributed by atoms with Crippen LogP contribution in [-0.4, -0.2) is 35.9 Å². The van der Waals surface area contributed by atoms with Crippen LogP contribution in [0.5, 0.6) is 23.1 Å². The number of para-hydroxylation sites is 1. The number of rotatable bonds is 8. The molecule has 4 rings (SSSR count). The first kappa shape index (κ1) is 22.8. The predicted octanol–water partition coefficient (Wildman–Crippen LogP) is 3.79. The number of halogens is 1. The summed E-state index contributed by atoms with van der Waals surface area (Å²) in [6, 6.07) is 16.8. The van der Waals surface area contributed by atoms with E-state index in [1.807, 2.05) is 30.3 Å². The van der Waals surface area contributed by atoms with Crippen molar-refractivity contribution >= 4 is 17.6 Å². The highest BCUT2D eigenvalue weighted by atomic mass is 19.1. The van der Waals surface area contributed by atoms with E-state index in [2.05, 4.69) is 16.9 Å². The molecule has 1 fully saturated rings. The fourth-order valence-electron chi connectivity index (χ4n) is 3.58. The molecule has 1 aliphatic heterocycles. The van der Waals surface area contributed by atoms with Gasteiger partial charge in [0.25, 0.3) is 5.91 Å². The Morgan fingerprint density at radius 3 is 2.38 bits per heavy atom. The van der Waals surface area contributed by atoms with Gasteiger partial charge in [-0.25, -0.2) is 4.39 Å². The second kappa shape index (κ2) is 10.0. The molecule has 3 N–H and O–H groups in total. The average molecular weight is 462 g/mol. The van der Waals surface area contributed by atoms with Crippen LogP contribution in [0.15, 0.2) is 73.3 Å². The third-order valence-electron chi connectivity index (χ3n) is 5.22. The summed E-state index contributed by atoms with van der Waals surface area (Å²) in [6.07, 6.45) is 1.79. The summed E-state index contributed by atoms with van der Waals surface area (Å²) in [6.45, 7) is 4.25. The van der Waals surface area contributed by atoms with Gasteiger partial charge in [0.2, 0.25) is 11.8 Å². The van der Waals surface area contributed by atoms with E-state index in [4.69, 9.17) is 15.2 Å². The molecule has 34 heavy (non-hydrogen) atoms. The van der Waals surface area contributed by atoms with Gasteiger partial charge in [0.05, 0.1) is 0 Å². The van der Waals surface area contributed by atoms with E-state index in [1.165, 1.54) is 6.08 Å². The van der Waals surface area contributed by atoms with Crippen molar-refractivity contribution in [1.29, 1.82) is 0 Å². The molecule has 1 saturated heterocycles. The van der Waals surface area contributed by atoms with Crippen LogP contribution < -0.4 is 25.4 Å². The van der Waals surface area contributed by atoms with Gasteiger partial charge in [0, 0.05) is 19.1 Å². The van der Waals surface area contributed by atoms with Gasteiger partial charge < -0.3 is 25.4 Å². The van der Waals surface area contributed by atoms with Crippen molar-refractivity contribution in [3.8, 4) is 23.1 Å². The lowest BCUT2D eigenvalue weighted by Gasteiger charge is -2.20. The van der Waals surface area contributed by atoms with Crippen molar-refractivity contribution in [1.82, 2.24) is 10.3 Å². The molecule has 0 bridgehead atoms. The molecule has 0 saturated carbocycles. The minimum Gasteiger partial charge on any atom is -0.457 e. The number of nitrogens with one attached hydrogen (secondary N) is 1. The van der Waals surface area contributed by atoms with Crippen molar-refractivity contribution in [2.75, 3.05) is 18.0 Å². The summed E-state index contributed by atoms with van der Waals surface area (Å²) in [5, 5.41) is 2.79. The number of aromatic nitrogens is 1. The lowest BCUT2D eigenvalue weighted by atomic mass is 10.2.